The van der Waals surface area contributed by atoms with Gasteiger partial charge in [-0.3, -0.25) is 4.98 Å². The summed E-state index contributed by atoms with van der Waals surface area (Å²) in [6.07, 6.45) is 3.31. The van der Waals surface area contributed by atoms with Gasteiger partial charge in [0.1, 0.15) is 0 Å². The summed E-state index contributed by atoms with van der Waals surface area (Å²) in [5.41, 5.74) is 8.05. The lowest BCUT2D eigenvalue weighted by Crippen LogP contribution is -2.46. The van der Waals surface area contributed by atoms with Crippen LogP contribution in [0.2, 0.25) is 0 Å². The molecular formula is C15H19N3O2. The van der Waals surface area contributed by atoms with Gasteiger partial charge in [0.15, 0.2) is 0 Å². The molecule has 5 nitrogen and oxygen atoms in total. The minimum atomic E-state index is -0.322. The largest absolute Gasteiger partial charge is 0.397 e. The van der Waals surface area contributed by atoms with Crippen LogP contribution in [0, 0.1) is 0 Å². The van der Waals surface area contributed by atoms with E-state index >= 15 is 0 Å². The van der Waals surface area contributed by atoms with Crippen LogP contribution in [-0.2, 0) is 4.74 Å². The van der Waals surface area contributed by atoms with Crippen molar-refractivity contribution in [2.75, 3.05) is 30.9 Å². The molecule has 0 unspecified atom stereocenters. The summed E-state index contributed by atoms with van der Waals surface area (Å²) in [4.78, 5) is 4.33. The number of nitrogens with zero attached hydrogens (tertiary/aromatic N) is 1. The molecule has 0 bridgehead atoms. The van der Waals surface area contributed by atoms with E-state index in [1.165, 1.54) is 0 Å². The molecule has 4 N–H and O–H groups in total. The highest BCUT2D eigenvalue weighted by molar-refractivity contribution is 5.98. The van der Waals surface area contributed by atoms with Gasteiger partial charge in [-0.15, -0.1) is 0 Å². The maximum atomic E-state index is 9.77. The van der Waals surface area contributed by atoms with Gasteiger partial charge < -0.3 is 20.9 Å². The third-order valence-corrected chi connectivity index (χ3v) is 3.95. The van der Waals surface area contributed by atoms with Crippen LogP contribution in [-0.4, -0.2) is 35.5 Å². The SMILES string of the molecule is Nc1ccc(NC2(CO)CCOCC2)c2cccnc12. The van der Waals surface area contributed by atoms with Gasteiger partial charge in [0, 0.05) is 30.5 Å². The van der Waals surface area contributed by atoms with Crippen molar-refractivity contribution in [1.82, 2.24) is 4.98 Å². The van der Waals surface area contributed by atoms with Crippen molar-refractivity contribution in [3.63, 3.8) is 0 Å². The number of rotatable bonds is 3. The van der Waals surface area contributed by atoms with Crippen molar-refractivity contribution in [2.24, 2.45) is 0 Å². The van der Waals surface area contributed by atoms with Crippen LogP contribution in [0.4, 0.5) is 11.4 Å². The highest BCUT2D eigenvalue weighted by atomic mass is 16.5. The molecule has 0 radical (unpaired) electrons. The second-order valence-corrected chi connectivity index (χ2v) is 5.28. The third-order valence-electron chi connectivity index (χ3n) is 3.95. The zero-order chi connectivity index (χ0) is 14.0. The van der Waals surface area contributed by atoms with Crippen LogP contribution in [0.3, 0.4) is 0 Å². The monoisotopic (exact) mass is 273 g/mol. The number of hydrogen-bond acceptors (Lipinski definition) is 5. The first-order chi connectivity index (χ1) is 9.74. The molecule has 0 spiro atoms. The van der Waals surface area contributed by atoms with Gasteiger partial charge in [0.05, 0.1) is 23.3 Å². The number of aliphatic hydroxyl groups excluding tert-OH is 1. The van der Waals surface area contributed by atoms with Gasteiger partial charge in [-0.05, 0) is 37.1 Å². The molecule has 5 heteroatoms. The molecule has 1 aliphatic heterocycles. The van der Waals surface area contributed by atoms with Crippen molar-refractivity contribution in [1.29, 1.82) is 0 Å². The number of nitrogens with two attached hydrogens (primary N) is 1. The van der Waals surface area contributed by atoms with Gasteiger partial charge in [-0.25, -0.2) is 0 Å². The molecule has 1 aliphatic rings. The first-order valence-electron chi connectivity index (χ1n) is 6.84. The minimum absolute atomic E-state index is 0.0858. The predicted molar refractivity (Wildman–Crippen MR) is 79.6 cm³/mol. The number of nitrogen functional groups attached to an aromatic ring is 1. The normalized spacial score (nSPS) is 18.1. The number of anilines is 2. The average Bonchev–Trinajstić information content (AvgIpc) is 2.51. The Hall–Kier alpha value is -1.85. The molecule has 1 aromatic heterocycles. The number of pyridine rings is 1. The standard InChI is InChI=1S/C15H19N3O2/c16-12-3-4-13(11-2-1-7-17-14(11)12)18-15(10-19)5-8-20-9-6-15/h1-4,7,18-19H,5-6,8-10,16H2. The molecule has 1 aromatic carbocycles. The first-order valence-corrected chi connectivity index (χ1v) is 6.84. The lowest BCUT2D eigenvalue weighted by molar-refractivity contribution is 0.0380. The number of aromatic nitrogens is 1. The Bertz CT molecular complexity index is 609. The molecule has 1 saturated heterocycles. The number of fused-ring (bicyclic) bond motifs is 1. The Morgan fingerprint density at radius 1 is 1.30 bits per heavy atom. The van der Waals surface area contributed by atoms with Gasteiger partial charge in [-0.1, -0.05) is 0 Å². The average molecular weight is 273 g/mol. The molecule has 1 fully saturated rings. The quantitative estimate of drug-likeness (QED) is 0.743. The van der Waals surface area contributed by atoms with Crippen molar-refractivity contribution < 1.29 is 9.84 Å². The maximum absolute atomic E-state index is 9.77. The number of hydrogen-bond donors (Lipinski definition) is 3. The Labute approximate surface area is 117 Å². The van der Waals surface area contributed by atoms with Crippen molar-refractivity contribution in [3.05, 3.63) is 30.5 Å². The van der Waals surface area contributed by atoms with Gasteiger partial charge in [0.25, 0.3) is 0 Å². The van der Waals surface area contributed by atoms with Crippen molar-refractivity contribution in [3.8, 4) is 0 Å². The summed E-state index contributed by atoms with van der Waals surface area (Å²) in [5, 5.41) is 14.2. The Balaban J connectivity index is 2.00. The van der Waals surface area contributed by atoms with E-state index in [2.05, 4.69) is 10.3 Å². The second-order valence-electron chi connectivity index (χ2n) is 5.28. The fraction of sp³-hybridized carbons (Fsp3) is 0.400. The highest BCUT2D eigenvalue weighted by Crippen LogP contribution is 2.31. The predicted octanol–water partition coefficient (Wildman–Crippen LogP) is 1.77. The number of nitrogens with one attached hydrogen (secondary N) is 1. The molecule has 20 heavy (non-hydrogen) atoms. The van der Waals surface area contributed by atoms with E-state index in [0.717, 1.165) is 29.4 Å². The van der Waals surface area contributed by atoms with Crippen LogP contribution >= 0.6 is 0 Å². The van der Waals surface area contributed by atoms with E-state index in [-0.39, 0.29) is 12.1 Å². The van der Waals surface area contributed by atoms with Crippen molar-refractivity contribution in [2.45, 2.75) is 18.4 Å². The van der Waals surface area contributed by atoms with E-state index in [4.69, 9.17) is 10.5 Å². The summed E-state index contributed by atoms with van der Waals surface area (Å²) < 4.78 is 5.39. The summed E-state index contributed by atoms with van der Waals surface area (Å²) in [5.74, 6) is 0. The van der Waals surface area contributed by atoms with E-state index in [1.807, 2.05) is 24.3 Å². The molecule has 0 amide bonds. The third kappa shape index (κ3) is 2.30. The van der Waals surface area contributed by atoms with E-state index in [1.54, 1.807) is 6.20 Å². The van der Waals surface area contributed by atoms with Gasteiger partial charge >= 0.3 is 0 Å². The van der Waals surface area contributed by atoms with Crippen LogP contribution in [0.5, 0.6) is 0 Å². The Morgan fingerprint density at radius 3 is 2.85 bits per heavy atom. The Morgan fingerprint density at radius 2 is 2.10 bits per heavy atom. The van der Waals surface area contributed by atoms with Crippen LogP contribution in [0.15, 0.2) is 30.5 Å². The summed E-state index contributed by atoms with van der Waals surface area (Å²) in [6, 6.07) is 7.68. The smallest absolute Gasteiger partial charge is 0.0951 e. The summed E-state index contributed by atoms with van der Waals surface area (Å²) in [7, 11) is 0. The molecule has 0 atom stereocenters. The lowest BCUT2D eigenvalue weighted by Gasteiger charge is -2.37. The Kier molecular flexibility index (Phi) is 3.46. The van der Waals surface area contributed by atoms with E-state index in [9.17, 15) is 5.11 Å². The summed E-state index contributed by atoms with van der Waals surface area (Å²) in [6.45, 7) is 1.42. The van der Waals surface area contributed by atoms with Gasteiger partial charge in [0.2, 0.25) is 0 Å². The molecule has 2 aromatic rings. The zero-order valence-corrected chi connectivity index (χ0v) is 11.3. The van der Waals surface area contributed by atoms with E-state index < -0.39 is 0 Å². The number of ether oxygens (including phenoxy) is 1. The first kappa shape index (κ1) is 13.1. The maximum Gasteiger partial charge on any atom is 0.0951 e. The molecule has 106 valence electrons. The fourth-order valence-corrected chi connectivity index (χ4v) is 2.67. The number of aliphatic hydroxyl groups is 1. The molecule has 2 heterocycles. The molecule has 3 rings (SSSR count). The molecular weight excluding hydrogens is 254 g/mol. The van der Waals surface area contributed by atoms with Crippen molar-refractivity contribution >= 4 is 22.3 Å². The number of benzene rings is 1. The van der Waals surface area contributed by atoms with E-state index in [0.29, 0.717) is 18.9 Å². The fourth-order valence-electron chi connectivity index (χ4n) is 2.67. The lowest BCUT2D eigenvalue weighted by atomic mass is 9.90. The zero-order valence-electron chi connectivity index (χ0n) is 11.3. The highest BCUT2D eigenvalue weighted by Gasteiger charge is 2.32. The second kappa shape index (κ2) is 5.26. The van der Waals surface area contributed by atoms with Crippen LogP contribution in [0.1, 0.15) is 12.8 Å². The van der Waals surface area contributed by atoms with Gasteiger partial charge in [-0.2, -0.15) is 0 Å². The topological polar surface area (TPSA) is 80.4 Å². The van der Waals surface area contributed by atoms with Crippen LogP contribution in [0.25, 0.3) is 10.9 Å². The minimum Gasteiger partial charge on any atom is -0.397 e. The van der Waals surface area contributed by atoms with Crippen LogP contribution < -0.4 is 11.1 Å². The molecule has 0 aliphatic carbocycles. The molecule has 0 saturated carbocycles. The summed E-state index contributed by atoms with van der Waals surface area (Å²) >= 11 is 0.